The van der Waals surface area contributed by atoms with Gasteiger partial charge in [-0.15, -0.1) is 0 Å². The van der Waals surface area contributed by atoms with Gasteiger partial charge < -0.3 is 19.3 Å². The minimum Gasteiger partial charge on any atom is -0.456 e. The van der Waals surface area contributed by atoms with Crippen molar-refractivity contribution in [2.45, 2.75) is 45.4 Å². The molecule has 0 spiro atoms. The minimum atomic E-state index is -1.38. The summed E-state index contributed by atoms with van der Waals surface area (Å²) in [6.45, 7) is 3.76. The van der Waals surface area contributed by atoms with E-state index < -0.39 is 36.5 Å². The van der Waals surface area contributed by atoms with Gasteiger partial charge in [-0.05, 0) is 0 Å². The second kappa shape index (κ2) is 6.88. The molecule has 0 aromatic rings. The van der Waals surface area contributed by atoms with Gasteiger partial charge in [-0.25, -0.2) is 0 Å². The molecule has 1 N–H and O–H groups in total. The number of hydrogen-bond acceptors (Lipinski definition) is 8. The molecule has 1 aliphatic heterocycles. The molecular formula is C11H16O7S. The Labute approximate surface area is 114 Å². The molecule has 0 aliphatic carbocycles. The average molecular weight is 292 g/mol. The summed E-state index contributed by atoms with van der Waals surface area (Å²) >= 11 is 0.976. The van der Waals surface area contributed by atoms with E-state index in [1.54, 1.807) is 0 Å². The largest absolute Gasteiger partial charge is 0.456 e. The third kappa shape index (κ3) is 4.81. The molecule has 1 aliphatic rings. The first-order valence-electron chi connectivity index (χ1n) is 5.62. The molecule has 0 radical (unpaired) electrons. The van der Waals surface area contributed by atoms with Gasteiger partial charge in [0, 0.05) is 26.5 Å². The van der Waals surface area contributed by atoms with Crippen LogP contribution < -0.4 is 0 Å². The van der Waals surface area contributed by atoms with Gasteiger partial charge in [0.05, 0.1) is 0 Å². The molecule has 7 nitrogen and oxygen atoms in total. The maximum Gasteiger partial charge on any atom is 0.303 e. The molecule has 8 heteroatoms. The third-order valence-corrected chi connectivity index (χ3v) is 3.24. The summed E-state index contributed by atoms with van der Waals surface area (Å²) in [6.07, 6.45) is -4.11. The summed E-state index contributed by atoms with van der Waals surface area (Å²) in [6, 6.07) is 0. The molecule has 1 fully saturated rings. The fraction of sp³-hybridized carbons (Fsp3) is 0.727. The lowest BCUT2D eigenvalue weighted by atomic mass is 10.1. The molecule has 0 saturated carbocycles. The van der Waals surface area contributed by atoms with Crippen molar-refractivity contribution in [3.05, 3.63) is 0 Å². The van der Waals surface area contributed by atoms with E-state index in [-0.39, 0.29) is 10.9 Å². The van der Waals surface area contributed by atoms with Gasteiger partial charge in [0.15, 0.2) is 23.6 Å². The second-order valence-corrected chi connectivity index (χ2v) is 5.21. The van der Waals surface area contributed by atoms with Crippen LogP contribution in [0.3, 0.4) is 0 Å². The summed E-state index contributed by atoms with van der Waals surface area (Å²) < 4.78 is 15.1. The fourth-order valence-electron chi connectivity index (χ4n) is 1.69. The summed E-state index contributed by atoms with van der Waals surface area (Å²) in [7, 11) is 0. The number of carbonyl (C=O) groups is 3. The van der Waals surface area contributed by atoms with Crippen LogP contribution in [-0.2, 0) is 28.6 Å². The van der Waals surface area contributed by atoms with Crippen LogP contribution >= 0.6 is 11.8 Å². The zero-order valence-electron chi connectivity index (χ0n) is 10.8. The lowest BCUT2D eigenvalue weighted by Gasteiger charge is -2.21. The Balaban J connectivity index is 2.76. The quantitative estimate of drug-likeness (QED) is 0.714. The molecule has 1 rings (SSSR count). The van der Waals surface area contributed by atoms with Crippen molar-refractivity contribution in [3.63, 3.8) is 0 Å². The molecule has 4 atom stereocenters. The molecular weight excluding hydrogens is 276 g/mol. The maximum absolute atomic E-state index is 11.0. The number of aliphatic hydroxyl groups excluding tert-OH is 1. The highest BCUT2D eigenvalue weighted by molar-refractivity contribution is 8.13. The van der Waals surface area contributed by atoms with Gasteiger partial charge in [0.25, 0.3) is 0 Å². The van der Waals surface area contributed by atoms with Crippen LogP contribution in [0.15, 0.2) is 0 Å². The molecule has 19 heavy (non-hydrogen) atoms. The van der Waals surface area contributed by atoms with E-state index in [9.17, 15) is 19.5 Å². The highest BCUT2D eigenvalue weighted by Gasteiger charge is 2.48. The predicted octanol–water partition coefficient (Wildman–Crippen LogP) is -0.153. The first-order valence-corrected chi connectivity index (χ1v) is 6.61. The highest BCUT2D eigenvalue weighted by atomic mass is 32.2. The smallest absolute Gasteiger partial charge is 0.303 e. The number of aliphatic hydroxyl groups is 1. The van der Waals surface area contributed by atoms with Gasteiger partial charge in [0.2, 0.25) is 0 Å². The van der Waals surface area contributed by atoms with Gasteiger partial charge in [-0.3, -0.25) is 14.4 Å². The zero-order valence-corrected chi connectivity index (χ0v) is 11.6. The van der Waals surface area contributed by atoms with E-state index in [2.05, 4.69) is 0 Å². The number of thioether (sulfide) groups is 1. The van der Waals surface area contributed by atoms with Crippen molar-refractivity contribution in [2.75, 3.05) is 5.75 Å². The fourth-order valence-corrected chi connectivity index (χ4v) is 2.36. The Kier molecular flexibility index (Phi) is 5.77. The van der Waals surface area contributed by atoms with E-state index in [0.29, 0.717) is 0 Å². The topological polar surface area (TPSA) is 99.1 Å². The Morgan fingerprint density at radius 3 is 2.11 bits per heavy atom. The van der Waals surface area contributed by atoms with E-state index in [4.69, 9.17) is 14.2 Å². The maximum atomic E-state index is 11.0. The Hall–Kier alpha value is -1.12. The predicted molar refractivity (Wildman–Crippen MR) is 65.1 cm³/mol. The molecule has 1 saturated heterocycles. The van der Waals surface area contributed by atoms with Crippen LogP contribution in [0.5, 0.6) is 0 Å². The van der Waals surface area contributed by atoms with Gasteiger partial charge in [0.1, 0.15) is 6.10 Å². The van der Waals surface area contributed by atoms with Crippen molar-refractivity contribution < 1.29 is 33.7 Å². The van der Waals surface area contributed by atoms with Crippen molar-refractivity contribution in [2.24, 2.45) is 0 Å². The lowest BCUT2D eigenvalue weighted by molar-refractivity contribution is -0.174. The molecule has 0 aromatic carbocycles. The number of rotatable bonds is 4. The summed E-state index contributed by atoms with van der Waals surface area (Å²) in [5.41, 5.74) is 0. The molecule has 0 unspecified atom stereocenters. The zero-order chi connectivity index (χ0) is 14.6. The molecule has 108 valence electrons. The van der Waals surface area contributed by atoms with E-state index in [0.717, 1.165) is 11.8 Å². The summed E-state index contributed by atoms with van der Waals surface area (Å²) in [5.74, 6) is -1.01. The van der Waals surface area contributed by atoms with Crippen molar-refractivity contribution in [3.8, 4) is 0 Å². The molecule has 0 bridgehead atoms. The average Bonchev–Trinajstić information content (AvgIpc) is 2.53. The van der Waals surface area contributed by atoms with Gasteiger partial charge >= 0.3 is 11.9 Å². The lowest BCUT2D eigenvalue weighted by Crippen LogP contribution is -2.40. The van der Waals surface area contributed by atoms with Crippen LogP contribution in [-0.4, -0.2) is 52.5 Å². The van der Waals surface area contributed by atoms with Gasteiger partial charge in [-0.2, -0.15) is 0 Å². The number of hydrogen-bond donors (Lipinski definition) is 1. The highest BCUT2D eigenvalue weighted by Crippen LogP contribution is 2.28. The SMILES string of the molecule is CC(=O)O[C@H]1[C@H](OC(C)=O)[C@@H](CSC(C)=O)O[C@@H]1O. The standard InChI is InChI=1S/C11H16O7S/c1-5(12)16-9-8(4-19-7(3)14)18-11(15)10(9)17-6(2)13/h8-11,15H,4H2,1-3H3/t8-,9-,10+,11+/m1/s1. The minimum absolute atomic E-state index is 0.129. The second-order valence-electron chi connectivity index (χ2n) is 4.02. The van der Waals surface area contributed by atoms with Crippen LogP contribution in [0.25, 0.3) is 0 Å². The molecule has 0 aromatic heterocycles. The van der Waals surface area contributed by atoms with Crippen LogP contribution in [0.2, 0.25) is 0 Å². The van der Waals surface area contributed by atoms with E-state index in [1.165, 1.54) is 20.8 Å². The number of carbonyl (C=O) groups excluding carboxylic acids is 3. The number of ether oxygens (including phenoxy) is 3. The Bertz CT molecular complexity index is 370. The number of esters is 2. The Morgan fingerprint density at radius 1 is 1.11 bits per heavy atom. The van der Waals surface area contributed by atoms with Gasteiger partial charge in [-0.1, -0.05) is 11.8 Å². The third-order valence-electron chi connectivity index (χ3n) is 2.34. The Morgan fingerprint density at radius 2 is 1.63 bits per heavy atom. The first kappa shape index (κ1) is 15.9. The van der Waals surface area contributed by atoms with E-state index in [1.807, 2.05) is 0 Å². The van der Waals surface area contributed by atoms with Crippen LogP contribution in [0.4, 0.5) is 0 Å². The van der Waals surface area contributed by atoms with Crippen molar-refractivity contribution >= 4 is 28.8 Å². The van der Waals surface area contributed by atoms with Crippen LogP contribution in [0, 0.1) is 0 Å². The van der Waals surface area contributed by atoms with E-state index >= 15 is 0 Å². The first-order chi connectivity index (χ1) is 8.81. The van der Waals surface area contributed by atoms with Crippen molar-refractivity contribution in [1.29, 1.82) is 0 Å². The monoisotopic (exact) mass is 292 g/mol. The molecule has 1 heterocycles. The van der Waals surface area contributed by atoms with Crippen LogP contribution in [0.1, 0.15) is 20.8 Å². The molecule has 0 amide bonds. The normalized spacial score (nSPS) is 29.9. The van der Waals surface area contributed by atoms with Crippen molar-refractivity contribution in [1.82, 2.24) is 0 Å². The summed E-state index contributed by atoms with van der Waals surface area (Å²) in [5, 5.41) is 9.54. The summed E-state index contributed by atoms with van der Waals surface area (Å²) in [4.78, 5) is 32.9.